The summed E-state index contributed by atoms with van der Waals surface area (Å²) < 4.78 is 7.62. The summed E-state index contributed by atoms with van der Waals surface area (Å²) in [6, 6.07) is 15.5. The Morgan fingerprint density at radius 1 is 1.11 bits per heavy atom. The van der Waals surface area contributed by atoms with Gasteiger partial charge in [-0.15, -0.1) is 0 Å². The fourth-order valence-electron chi connectivity index (χ4n) is 2.53. The van der Waals surface area contributed by atoms with Gasteiger partial charge in [-0.25, -0.2) is 4.98 Å². The fraction of sp³-hybridized carbons (Fsp3) is 0.300. The normalized spacial score (nSPS) is 14.0. The first-order valence-corrected chi connectivity index (χ1v) is 9.83. The quantitative estimate of drug-likeness (QED) is 0.526. The van der Waals surface area contributed by atoms with E-state index >= 15 is 0 Å². The third-order valence-electron chi connectivity index (χ3n) is 4.54. The molecule has 1 N–H and O–H groups in total. The number of aliphatic hydroxyl groups excluding tert-OH is 1. The molecule has 0 aliphatic carbocycles. The second-order valence-electron chi connectivity index (χ2n) is 6.92. The minimum atomic E-state index is -0.670. The van der Waals surface area contributed by atoms with Gasteiger partial charge < -0.3 is 9.84 Å². The first kappa shape index (κ1) is 19.9. The van der Waals surface area contributed by atoms with Crippen LogP contribution in [0.1, 0.15) is 13.8 Å². The first-order chi connectivity index (χ1) is 12.9. The molecule has 0 amide bonds. The number of hydrogen-bond acceptors (Lipinski definition) is 4. The lowest BCUT2D eigenvalue weighted by atomic mass is 9.87. The van der Waals surface area contributed by atoms with Gasteiger partial charge in [0.25, 0.3) is 0 Å². The lowest BCUT2D eigenvalue weighted by Gasteiger charge is -2.34. The number of hydrogen-bond donors (Lipinski definition) is 1. The number of ether oxygens (including phenoxy) is 1. The number of rotatable bonds is 7. The van der Waals surface area contributed by atoms with Crippen LogP contribution in [-0.2, 0) is 6.54 Å². The van der Waals surface area contributed by atoms with E-state index in [1.807, 2.05) is 62.4 Å². The molecule has 3 rings (SSSR count). The summed E-state index contributed by atoms with van der Waals surface area (Å²) in [5, 5.41) is 15.0. The molecule has 1 aromatic heterocycles. The van der Waals surface area contributed by atoms with Crippen LogP contribution < -0.4 is 4.74 Å². The summed E-state index contributed by atoms with van der Waals surface area (Å²) >= 11 is 9.51. The number of halogens is 2. The largest absolute Gasteiger partial charge is 0.479 e. The van der Waals surface area contributed by atoms with Gasteiger partial charge in [0.2, 0.25) is 0 Å². The van der Waals surface area contributed by atoms with Crippen molar-refractivity contribution in [1.82, 2.24) is 14.8 Å². The third kappa shape index (κ3) is 4.89. The van der Waals surface area contributed by atoms with E-state index in [4.69, 9.17) is 16.3 Å². The Morgan fingerprint density at radius 2 is 1.70 bits per heavy atom. The molecule has 3 aromatic rings. The summed E-state index contributed by atoms with van der Waals surface area (Å²) in [4.78, 5) is 3.90. The summed E-state index contributed by atoms with van der Waals surface area (Å²) in [7, 11) is 0. The molecule has 0 aliphatic rings. The Bertz CT molecular complexity index is 852. The smallest absolute Gasteiger partial charge is 0.160 e. The highest BCUT2D eigenvalue weighted by molar-refractivity contribution is 9.09. The number of benzene rings is 2. The predicted molar refractivity (Wildman–Crippen MR) is 110 cm³/mol. The molecule has 27 heavy (non-hydrogen) atoms. The van der Waals surface area contributed by atoms with Crippen molar-refractivity contribution in [3.63, 3.8) is 0 Å². The lowest BCUT2D eigenvalue weighted by molar-refractivity contribution is -0.00805. The van der Waals surface area contributed by atoms with Gasteiger partial charge in [0, 0.05) is 10.4 Å². The van der Waals surface area contributed by atoms with E-state index in [2.05, 4.69) is 26.0 Å². The molecule has 0 spiro atoms. The third-order valence-corrected chi connectivity index (χ3v) is 6.16. The zero-order valence-corrected chi connectivity index (χ0v) is 17.4. The molecule has 0 fully saturated rings. The summed E-state index contributed by atoms with van der Waals surface area (Å²) in [5.41, 5.74) is 1.61. The molecule has 142 valence electrons. The second kappa shape index (κ2) is 8.42. The Labute approximate surface area is 172 Å². The van der Waals surface area contributed by atoms with Gasteiger partial charge >= 0.3 is 0 Å². The van der Waals surface area contributed by atoms with Crippen molar-refractivity contribution in [2.75, 3.05) is 0 Å². The predicted octanol–water partition coefficient (Wildman–Crippen LogP) is 4.79. The molecule has 0 saturated heterocycles. The zero-order chi connectivity index (χ0) is 19.4. The van der Waals surface area contributed by atoms with Crippen LogP contribution in [0.5, 0.6) is 5.75 Å². The molecule has 1 heterocycles. The molecule has 0 saturated carbocycles. The average molecular weight is 451 g/mol. The van der Waals surface area contributed by atoms with Gasteiger partial charge in [0.1, 0.15) is 18.4 Å². The van der Waals surface area contributed by atoms with E-state index in [0.717, 1.165) is 16.9 Å². The molecule has 0 radical (unpaired) electrons. The standard InChI is InChI=1S/C20H21BrClN3O2/c1-20(2,18(26)11-25-13-23-12-24-25)19(21)27-17-9-5-15(6-10-17)14-3-7-16(22)8-4-14/h3-10,12-13,18-19,26H,11H2,1-2H3. The number of nitrogens with zero attached hydrogens (tertiary/aromatic N) is 3. The van der Waals surface area contributed by atoms with Crippen molar-refractivity contribution in [2.24, 2.45) is 5.41 Å². The van der Waals surface area contributed by atoms with Crippen LogP contribution >= 0.6 is 27.5 Å². The number of aromatic nitrogens is 3. The Hall–Kier alpha value is -1.89. The maximum absolute atomic E-state index is 10.6. The first-order valence-electron chi connectivity index (χ1n) is 8.53. The van der Waals surface area contributed by atoms with Gasteiger partial charge in [-0.3, -0.25) is 4.68 Å². The lowest BCUT2D eigenvalue weighted by Crippen LogP contribution is -2.42. The molecule has 7 heteroatoms. The molecule has 0 bridgehead atoms. The highest BCUT2D eigenvalue weighted by Gasteiger charge is 2.37. The van der Waals surface area contributed by atoms with E-state index < -0.39 is 11.5 Å². The van der Waals surface area contributed by atoms with Crippen molar-refractivity contribution < 1.29 is 9.84 Å². The van der Waals surface area contributed by atoms with Crippen LogP contribution in [0.2, 0.25) is 5.02 Å². The van der Waals surface area contributed by atoms with E-state index in [9.17, 15) is 5.11 Å². The Balaban J connectivity index is 1.65. The zero-order valence-electron chi connectivity index (χ0n) is 15.1. The van der Waals surface area contributed by atoms with Crippen molar-refractivity contribution in [1.29, 1.82) is 0 Å². The van der Waals surface area contributed by atoms with Crippen molar-refractivity contribution >= 4 is 27.5 Å². The van der Waals surface area contributed by atoms with E-state index in [-0.39, 0.29) is 5.01 Å². The van der Waals surface area contributed by atoms with Gasteiger partial charge in [-0.1, -0.05) is 49.7 Å². The van der Waals surface area contributed by atoms with Crippen LogP contribution in [0.25, 0.3) is 11.1 Å². The van der Waals surface area contributed by atoms with E-state index in [0.29, 0.717) is 11.6 Å². The number of alkyl halides is 1. The Kier molecular flexibility index (Phi) is 6.19. The van der Waals surface area contributed by atoms with Crippen LogP contribution in [0, 0.1) is 5.41 Å². The van der Waals surface area contributed by atoms with E-state index in [1.54, 1.807) is 11.0 Å². The molecule has 0 aliphatic heterocycles. The monoisotopic (exact) mass is 449 g/mol. The summed E-state index contributed by atoms with van der Waals surface area (Å²) in [5.74, 6) is 0.718. The highest BCUT2D eigenvalue weighted by Crippen LogP contribution is 2.34. The maximum Gasteiger partial charge on any atom is 0.160 e. The van der Waals surface area contributed by atoms with Gasteiger partial charge in [-0.2, -0.15) is 5.10 Å². The fourth-order valence-corrected chi connectivity index (χ4v) is 3.18. The van der Waals surface area contributed by atoms with Crippen LogP contribution in [0.15, 0.2) is 61.2 Å². The topological polar surface area (TPSA) is 60.2 Å². The molecule has 5 nitrogen and oxygen atoms in total. The minimum absolute atomic E-state index is 0.341. The van der Waals surface area contributed by atoms with Gasteiger partial charge in [-0.05, 0) is 51.3 Å². The maximum atomic E-state index is 10.6. The Morgan fingerprint density at radius 3 is 2.26 bits per heavy atom. The van der Waals surface area contributed by atoms with Gasteiger partial charge in [0.15, 0.2) is 5.01 Å². The van der Waals surface area contributed by atoms with Crippen LogP contribution in [0.4, 0.5) is 0 Å². The average Bonchev–Trinajstić information content (AvgIpc) is 3.16. The van der Waals surface area contributed by atoms with Crippen molar-refractivity contribution in [3.05, 3.63) is 66.2 Å². The van der Waals surface area contributed by atoms with Crippen molar-refractivity contribution in [2.45, 2.75) is 31.5 Å². The summed E-state index contributed by atoms with van der Waals surface area (Å²) in [6.07, 6.45) is 2.36. The minimum Gasteiger partial charge on any atom is -0.479 e. The van der Waals surface area contributed by atoms with Gasteiger partial charge in [0.05, 0.1) is 12.6 Å². The molecular weight excluding hydrogens is 430 g/mol. The van der Waals surface area contributed by atoms with Crippen molar-refractivity contribution in [3.8, 4) is 16.9 Å². The van der Waals surface area contributed by atoms with Crippen LogP contribution in [-0.4, -0.2) is 31.0 Å². The second-order valence-corrected chi connectivity index (χ2v) is 8.19. The molecule has 2 unspecified atom stereocenters. The highest BCUT2D eigenvalue weighted by atomic mass is 79.9. The SMILES string of the molecule is CC(C)(C(O)Cn1cncn1)C(Br)Oc1ccc(-c2ccc(Cl)cc2)cc1. The summed E-state index contributed by atoms with van der Waals surface area (Å²) in [6.45, 7) is 4.22. The van der Waals surface area contributed by atoms with E-state index in [1.165, 1.54) is 6.33 Å². The molecular formula is C20H21BrClN3O2. The molecule has 2 aromatic carbocycles. The number of aliphatic hydroxyl groups is 1. The molecule has 2 atom stereocenters. The van der Waals surface area contributed by atoms with Crippen LogP contribution in [0.3, 0.4) is 0 Å².